The van der Waals surface area contributed by atoms with Crippen molar-refractivity contribution < 1.29 is 4.74 Å². The first-order valence-corrected chi connectivity index (χ1v) is 9.02. The number of nitrogens with zero attached hydrogens (tertiary/aromatic N) is 2. The van der Waals surface area contributed by atoms with E-state index in [1.165, 1.54) is 35.0 Å². The summed E-state index contributed by atoms with van der Waals surface area (Å²) in [5, 5.41) is 4.69. The number of ether oxygens (including phenoxy) is 1. The fourth-order valence-electron chi connectivity index (χ4n) is 2.82. The lowest BCUT2D eigenvalue weighted by atomic mass is 10.0. The van der Waals surface area contributed by atoms with Crippen LogP contribution in [0, 0.1) is 0 Å². The van der Waals surface area contributed by atoms with Crippen LogP contribution in [0.3, 0.4) is 0 Å². The van der Waals surface area contributed by atoms with Crippen LogP contribution in [0.1, 0.15) is 50.1 Å². The summed E-state index contributed by atoms with van der Waals surface area (Å²) in [7, 11) is 1.74. The fraction of sp³-hybridized carbons (Fsp3) is 0.812. The van der Waals surface area contributed by atoms with Gasteiger partial charge in [0.1, 0.15) is 0 Å². The number of hydrogen-bond acceptors (Lipinski definition) is 5. The van der Waals surface area contributed by atoms with Crippen molar-refractivity contribution in [2.24, 2.45) is 0 Å². The van der Waals surface area contributed by atoms with E-state index < -0.39 is 0 Å². The Morgan fingerprint density at radius 1 is 1.43 bits per heavy atom. The largest absolute Gasteiger partial charge is 0.383 e. The number of rotatable bonds is 8. The average Bonchev–Trinajstić information content (AvgIpc) is 2.87. The van der Waals surface area contributed by atoms with Gasteiger partial charge in [-0.2, -0.15) is 0 Å². The average molecular weight is 311 g/mol. The molecule has 1 fully saturated rings. The Morgan fingerprint density at radius 2 is 2.29 bits per heavy atom. The van der Waals surface area contributed by atoms with E-state index in [1.807, 2.05) is 11.3 Å². The quantitative estimate of drug-likeness (QED) is 0.748. The predicted molar refractivity (Wildman–Crippen MR) is 90.4 cm³/mol. The van der Waals surface area contributed by atoms with Crippen LogP contribution in [0.2, 0.25) is 0 Å². The number of aromatic nitrogens is 1. The highest BCUT2D eigenvalue weighted by atomic mass is 32.1. The SMILES string of the molecule is CCCc1nc(N2CCCCC2C)sc1CNCCOC. The Labute approximate surface area is 132 Å². The molecule has 1 N–H and O–H groups in total. The van der Waals surface area contributed by atoms with Crippen molar-refractivity contribution in [1.29, 1.82) is 0 Å². The highest BCUT2D eigenvalue weighted by molar-refractivity contribution is 7.15. The molecule has 1 saturated heterocycles. The summed E-state index contributed by atoms with van der Waals surface area (Å²) in [6.45, 7) is 8.30. The van der Waals surface area contributed by atoms with E-state index in [4.69, 9.17) is 9.72 Å². The summed E-state index contributed by atoms with van der Waals surface area (Å²) in [4.78, 5) is 8.86. The van der Waals surface area contributed by atoms with Gasteiger partial charge in [0.25, 0.3) is 0 Å². The number of piperidine rings is 1. The normalized spacial score (nSPS) is 19.2. The summed E-state index contributed by atoms with van der Waals surface area (Å²) in [5.74, 6) is 0. The van der Waals surface area contributed by atoms with E-state index in [1.54, 1.807) is 7.11 Å². The zero-order valence-corrected chi connectivity index (χ0v) is 14.5. The highest BCUT2D eigenvalue weighted by Gasteiger charge is 2.22. The van der Waals surface area contributed by atoms with Crippen LogP contribution in [-0.4, -0.2) is 37.8 Å². The van der Waals surface area contributed by atoms with Crippen molar-refractivity contribution in [2.45, 2.75) is 58.5 Å². The van der Waals surface area contributed by atoms with Crippen molar-refractivity contribution in [1.82, 2.24) is 10.3 Å². The molecule has 1 aliphatic heterocycles. The van der Waals surface area contributed by atoms with Gasteiger partial charge < -0.3 is 15.0 Å². The van der Waals surface area contributed by atoms with Gasteiger partial charge in [-0.1, -0.05) is 13.3 Å². The van der Waals surface area contributed by atoms with E-state index in [0.717, 1.165) is 39.1 Å². The molecule has 1 atom stereocenters. The lowest BCUT2D eigenvalue weighted by Crippen LogP contribution is -2.37. The molecule has 1 unspecified atom stereocenters. The van der Waals surface area contributed by atoms with Crippen LogP contribution < -0.4 is 10.2 Å². The van der Waals surface area contributed by atoms with Crippen molar-refractivity contribution in [3.8, 4) is 0 Å². The molecule has 21 heavy (non-hydrogen) atoms. The molecular weight excluding hydrogens is 282 g/mol. The Balaban J connectivity index is 2.04. The molecular formula is C16H29N3OS. The molecule has 1 aliphatic rings. The minimum absolute atomic E-state index is 0.633. The first-order valence-electron chi connectivity index (χ1n) is 8.21. The summed E-state index contributed by atoms with van der Waals surface area (Å²) < 4.78 is 5.09. The van der Waals surface area contributed by atoms with E-state index in [9.17, 15) is 0 Å². The number of nitrogens with one attached hydrogen (secondary N) is 1. The Morgan fingerprint density at radius 3 is 3.00 bits per heavy atom. The number of methoxy groups -OCH3 is 1. The minimum atomic E-state index is 0.633. The van der Waals surface area contributed by atoms with Gasteiger partial charge in [0.2, 0.25) is 0 Å². The van der Waals surface area contributed by atoms with Crippen LogP contribution >= 0.6 is 11.3 Å². The number of anilines is 1. The maximum absolute atomic E-state index is 5.09. The number of aryl methyl sites for hydroxylation is 1. The zero-order valence-electron chi connectivity index (χ0n) is 13.7. The predicted octanol–water partition coefficient (Wildman–Crippen LogP) is 3.21. The smallest absolute Gasteiger partial charge is 0.186 e. The van der Waals surface area contributed by atoms with Crippen molar-refractivity contribution in [2.75, 3.05) is 31.7 Å². The molecule has 0 aliphatic carbocycles. The molecule has 0 spiro atoms. The molecule has 4 nitrogen and oxygen atoms in total. The Bertz CT molecular complexity index is 422. The van der Waals surface area contributed by atoms with Crippen LogP contribution in [0.4, 0.5) is 5.13 Å². The van der Waals surface area contributed by atoms with Crippen molar-refractivity contribution in [3.05, 3.63) is 10.6 Å². The second-order valence-corrected chi connectivity index (χ2v) is 6.89. The number of hydrogen-bond donors (Lipinski definition) is 1. The van der Waals surface area contributed by atoms with Crippen LogP contribution in [0.5, 0.6) is 0 Å². The Hall–Kier alpha value is -0.650. The third-order valence-electron chi connectivity index (χ3n) is 4.07. The summed E-state index contributed by atoms with van der Waals surface area (Å²) in [6, 6.07) is 0.633. The van der Waals surface area contributed by atoms with E-state index in [-0.39, 0.29) is 0 Å². The third kappa shape index (κ3) is 4.66. The van der Waals surface area contributed by atoms with Gasteiger partial charge >= 0.3 is 0 Å². The van der Waals surface area contributed by atoms with Gasteiger partial charge in [0.05, 0.1) is 12.3 Å². The van der Waals surface area contributed by atoms with Gasteiger partial charge in [0.15, 0.2) is 5.13 Å². The first kappa shape index (κ1) is 16.7. The first-order chi connectivity index (χ1) is 10.3. The van der Waals surface area contributed by atoms with Crippen LogP contribution in [-0.2, 0) is 17.7 Å². The lowest BCUT2D eigenvalue weighted by molar-refractivity contribution is 0.199. The van der Waals surface area contributed by atoms with Crippen molar-refractivity contribution >= 4 is 16.5 Å². The summed E-state index contributed by atoms with van der Waals surface area (Å²) in [6.07, 6.45) is 6.19. The van der Waals surface area contributed by atoms with Gasteiger partial charge in [-0.25, -0.2) is 4.98 Å². The van der Waals surface area contributed by atoms with E-state index in [2.05, 4.69) is 24.1 Å². The molecule has 0 aromatic carbocycles. The molecule has 1 aromatic heterocycles. The number of thiazole rings is 1. The summed E-state index contributed by atoms with van der Waals surface area (Å²) in [5.41, 5.74) is 1.29. The third-order valence-corrected chi connectivity index (χ3v) is 5.21. The van der Waals surface area contributed by atoms with Gasteiger partial charge in [-0.15, -0.1) is 11.3 Å². The van der Waals surface area contributed by atoms with Gasteiger partial charge in [-0.05, 0) is 32.6 Å². The van der Waals surface area contributed by atoms with E-state index in [0.29, 0.717) is 6.04 Å². The van der Waals surface area contributed by atoms with E-state index >= 15 is 0 Å². The topological polar surface area (TPSA) is 37.4 Å². The van der Waals surface area contributed by atoms with Crippen LogP contribution in [0.25, 0.3) is 0 Å². The minimum Gasteiger partial charge on any atom is -0.383 e. The molecule has 120 valence electrons. The maximum Gasteiger partial charge on any atom is 0.186 e. The molecule has 2 heterocycles. The fourth-order valence-corrected chi connectivity index (χ4v) is 4.03. The molecule has 2 rings (SSSR count). The Kier molecular flexibility index (Phi) is 6.93. The maximum atomic E-state index is 5.09. The second-order valence-electron chi connectivity index (χ2n) is 5.82. The zero-order chi connectivity index (χ0) is 15.1. The van der Waals surface area contributed by atoms with Gasteiger partial charge in [0, 0.05) is 37.7 Å². The molecule has 0 amide bonds. The lowest BCUT2D eigenvalue weighted by Gasteiger charge is -2.33. The van der Waals surface area contributed by atoms with Crippen molar-refractivity contribution in [3.63, 3.8) is 0 Å². The summed E-state index contributed by atoms with van der Waals surface area (Å²) >= 11 is 1.88. The highest BCUT2D eigenvalue weighted by Crippen LogP contribution is 2.31. The van der Waals surface area contributed by atoms with Crippen LogP contribution in [0.15, 0.2) is 0 Å². The monoisotopic (exact) mass is 311 g/mol. The second kappa shape index (κ2) is 8.71. The van der Waals surface area contributed by atoms with Gasteiger partial charge in [-0.3, -0.25) is 0 Å². The molecule has 1 aromatic rings. The standard InChI is InChI=1S/C16H29N3OS/c1-4-7-14-15(12-17-9-11-20-3)21-16(18-14)19-10-6-5-8-13(19)2/h13,17H,4-12H2,1-3H3. The molecule has 5 heteroatoms. The molecule has 0 bridgehead atoms. The molecule has 0 saturated carbocycles. The molecule has 0 radical (unpaired) electrons.